The summed E-state index contributed by atoms with van der Waals surface area (Å²) in [5.74, 6) is 3.83. The molecule has 0 N–H and O–H groups in total. The summed E-state index contributed by atoms with van der Waals surface area (Å²) in [5.41, 5.74) is 2.37. The second-order valence-corrected chi connectivity index (χ2v) is 13.5. The highest BCUT2D eigenvalue weighted by Crippen LogP contribution is 2.32. The highest BCUT2D eigenvalue weighted by Gasteiger charge is 2.11. The molecule has 0 amide bonds. The first-order chi connectivity index (χ1) is 19.5. The van der Waals surface area contributed by atoms with Crippen molar-refractivity contribution in [3.63, 3.8) is 0 Å². The van der Waals surface area contributed by atoms with E-state index in [2.05, 4.69) is 71.7 Å². The van der Waals surface area contributed by atoms with Crippen molar-refractivity contribution >= 4 is 31.9 Å². The number of unbranched alkanes of at least 4 members (excludes halogenated alkanes) is 12. The summed E-state index contributed by atoms with van der Waals surface area (Å²) < 4.78 is 12.5. The predicted octanol–water partition coefficient (Wildman–Crippen LogP) is 13.3. The zero-order valence-electron chi connectivity index (χ0n) is 26.9. The minimum absolute atomic E-state index is 0.787. The molecule has 1 aromatic rings. The number of hydrogen-bond donors (Lipinski definition) is 0. The van der Waals surface area contributed by atoms with Crippen molar-refractivity contribution in [3.05, 3.63) is 23.3 Å². The van der Waals surface area contributed by atoms with Crippen molar-refractivity contribution in [1.82, 2.24) is 0 Å². The van der Waals surface area contributed by atoms with Gasteiger partial charge in [-0.25, -0.2) is 0 Å². The van der Waals surface area contributed by atoms with Crippen LogP contribution in [0.4, 0.5) is 0 Å². The molecule has 0 aliphatic rings. The third kappa shape index (κ3) is 19.1. The highest BCUT2D eigenvalue weighted by atomic mass is 79.9. The Morgan fingerprint density at radius 2 is 0.825 bits per heavy atom. The average Bonchev–Trinajstić information content (AvgIpc) is 2.95. The molecule has 0 spiro atoms. The smallest absolute Gasteiger partial charge is 0.123 e. The van der Waals surface area contributed by atoms with E-state index in [1.54, 1.807) is 0 Å². The van der Waals surface area contributed by atoms with E-state index >= 15 is 0 Å². The summed E-state index contributed by atoms with van der Waals surface area (Å²) in [4.78, 5) is 0. The standard InChI is InChI=1S/C36H64Br2O2/c1-5-21-31(3)23-17-13-9-7-11-15-19-25-39-35-27-34(30-38)36(28-33(35)29-37)40-26-20-16-12-8-10-14-18-24-32(4)22-6-2/h27-28,31-32H,5-26,29-30H2,1-4H3. The van der Waals surface area contributed by atoms with Crippen molar-refractivity contribution in [2.24, 2.45) is 11.8 Å². The molecular weight excluding hydrogens is 624 g/mol. The molecule has 40 heavy (non-hydrogen) atoms. The van der Waals surface area contributed by atoms with Crippen LogP contribution in [0.3, 0.4) is 0 Å². The minimum Gasteiger partial charge on any atom is -0.493 e. The van der Waals surface area contributed by atoms with Gasteiger partial charge >= 0.3 is 0 Å². The largest absolute Gasteiger partial charge is 0.493 e. The quantitative estimate of drug-likeness (QED) is 0.0644. The number of hydrogen-bond acceptors (Lipinski definition) is 2. The second-order valence-electron chi connectivity index (χ2n) is 12.3. The Labute approximate surface area is 266 Å². The van der Waals surface area contributed by atoms with Gasteiger partial charge in [0.25, 0.3) is 0 Å². The molecule has 1 aromatic carbocycles. The van der Waals surface area contributed by atoms with Gasteiger partial charge in [-0.05, 0) is 36.8 Å². The van der Waals surface area contributed by atoms with E-state index in [1.807, 2.05) is 0 Å². The normalized spacial score (nSPS) is 12.9. The van der Waals surface area contributed by atoms with Crippen LogP contribution in [0, 0.1) is 11.8 Å². The van der Waals surface area contributed by atoms with E-state index < -0.39 is 0 Å². The molecule has 2 unspecified atom stereocenters. The molecule has 0 aliphatic carbocycles. The van der Waals surface area contributed by atoms with Crippen molar-refractivity contribution < 1.29 is 9.47 Å². The second kappa shape index (κ2) is 26.4. The van der Waals surface area contributed by atoms with E-state index in [-0.39, 0.29) is 0 Å². The Balaban J connectivity index is 2.20. The molecule has 0 radical (unpaired) electrons. The van der Waals surface area contributed by atoms with Gasteiger partial charge in [-0.3, -0.25) is 0 Å². The maximum absolute atomic E-state index is 6.24. The lowest BCUT2D eigenvalue weighted by atomic mass is 9.98. The van der Waals surface area contributed by atoms with Crippen LogP contribution in [-0.4, -0.2) is 13.2 Å². The molecule has 0 fully saturated rings. The molecule has 0 aliphatic heterocycles. The zero-order chi connectivity index (χ0) is 29.3. The third-order valence-corrected chi connectivity index (χ3v) is 9.50. The highest BCUT2D eigenvalue weighted by molar-refractivity contribution is 9.08. The van der Waals surface area contributed by atoms with Crippen LogP contribution in [0.5, 0.6) is 11.5 Å². The van der Waals surface area contributed by atoms with Gasteiger partial charge in [0, 0.05) is 21.8 Å². The molecule has 0 heterocycles. The van der Waals surface area contributed by atoms with Gasteiger partial charge in [-0.1, -0.05) is 175 Å². The van der Waals surface area contributed by atoms with Gasteiger partial charge in [-0.2, -0.15) is 0 Å². The first kappa shape index (κ1) is 37.8. The topological polar surface area (TPSA) is 18.5 Å². The number of halogens is 2. The van der Waals surface area contributed by atoms with Gasteiger partial charge in [0.2, 0.25) is 0 Å². The number of ether oxygens (including phenoxy) is 2. The van der Waals surface area contributed by atoms with Crippen LogP contribution in [0.2, 0.25) is 0 Å². The Kier molecular flexibility index (Phi) is 25.0. The molecule has 2 nitrogen and oxygen atoms in total. The summed E-state index contributed by atoms with van der Waals surface area (Å²) in [6.07, 6.45) is 26.9. The van der Waals surface area contributed by atoms with Crippen LogP contribution in [0.15, 0.2) is 12.1 Å². The van der Waals surface area contributed by atoms with Gasteiger partial charge in [0.15, 0.2) is 0 Å². The van der Waals surface area contributed by atoms with Crippen molar-refractivity contribution in [2.45, 2.75) is 167 Å². The SMILES string of the molecule is CCCC(C)CCCCCCCCCOc1cc(CBr)c(OCCCCCCCCCC(C)CCC)cc1CBr. The summed E-state index contributed by atoms with van der Waals surface area (Å²) in [5, 5.41) is 1.57. The Morgan fingerprint density at radius 3 is 1.15 bits per heavy atom. The number of benzene rings is 1. The molecule has 0 saturated carbocycles. The van der Waals surface area contributed by atoms with Gasteiger partial charge < -0.3 is 9.47 Å². The fourth-order valence-corrected chi connectivity index (χ4v) is 6.59. The summed E-state index contributed by atoms with van der Waals surface area (Å²) in [7, 11) is 0. The van der Waals surface area contributed by atoms with Crippen LogP contribution < -0.4 is 9.47 Å². The van der Waals surface area contributed by atoms with E-state index in [1.165, 1.54) is 127 Å². The van der Waals surface area contributed by atoms with E-state index in [9.17, 15) is 0 Å². The van der Waals surface area contributed by atoms with Gasteiger partial charge in [0.1, 0.15) is 11.5 Å². The Bertz CT molecular complexity index is 649. The van der Waals surface area contributed by atoms with Crippen LogP contribution in [0.25, 0.3) is 0 Å². The molecule has 2 atom stereocenters. The monoisotopic (exact) mass is 686 g/mol. The lowest BCUT2D eigenvalue weighted by Crippen LogP contribution is -2.04. The number of rotatable bonds is 28. The fourth-order valence-electron chi connectivity index (χ4n) is 5.72. The first-order valence-electron chi connectivity index (χ1n) is 17.1. The summed E-state index contributed by atoms with van der Waals surface area (Å²) in [6, 6.07) is 4.36. The van der Waals surface area contributed by atoms with Crippen LogP contribution in [-0.2, 0) is 10.7 Å². The lowest BCUT2D eigenvalue weighted by Gasteiger charge is -2.16. The maximum Gasteiger partial charge on any atom is 0.123 e. The predicted molar refractivity (Wildman–Crippen MR) is 185 cm³/mol. The fraction of sp³-hybridized carbons (Fsp3) is 0.833. The van der Waals surface area contributed by atoms with Crippen molar-refractivity contribution in [1.29, 1.82) is 0 Å². The Morgan fingerprint density at radius 1 is 0.500 bits per heavy atom. The molecular formula is C36H64Br2O2. The lowest BCUT2D eigenvalue weighted by molar-refractivity contribution is 0.292. The minimum atomic E-state index is 0.787. The average molecular weight is 689 g/mol. The van der Waals surface area contributed by atoms with E-state index in [0.717, 1.165) is 60.1 Å². The van der Waals surface area contributed by atoms with Crippen LogP contribution in [0.1, 0.15) is 167 Å². The van der Waals surface area contributed by atoms with E-state index in [4.69, 9.17) is 9.47 Å². The molecule has 1 rings (SSSR count). The van der Waals surface area contributed by atoms with Gasteiger partial charge in [0.05, 0.1) is 13.2 Å². The molecule has 234 valence electrons. The zero-order valence-corrected chi connectivity index (χ0v) is 30.0. The van der Waals surface area contributed by atoms with Crippen LogP contribution >= 0.6 is 31.9 Å². The Hall–Kier alpha value is -0.220. The van der Waals surface area contributed by atoms with E-state index in [0.29, 0.717) is 0 Å². The molecule has 4 heteroatoms. The summed E-state index contributed by atoms with van der Waals surface area (Å²) >= 11 is 7.33. The maximum atomic E-state index is 6.24. The molecule has 0 aromatic heterocycles. The molecule has 0 bridgehead atoms. The first-order valence-corrected chi connectivity index (χ1v) is 19.3. The van der Waals surface area contributed by atoms with Crippen molar-refractivity contribution in [2.75, 3.05) is 13.2 Å². The van der Waals surface area contributed by atoms with Gasteiger partial charge in [-0.15, -0.1) is 0 Å². The van der Waals surface area contributed by atoms with Crippen molar-refractivity contribution in [3.8, 4) is 11.5 Å². The third-order valence-electron chi connectivity index (χ3n) is 8.29. The number of alkyl halides is 2. The molecule has 0 saturated heterocycles. The summed E-state index contributed by atoms with van der Waals surface area (Å²) in [6.45, 7) is 11.0.